The number of thiophene rings is 1. The van der Waals surface area contributed by atoms with Crippen LogP contribution in [-0.2, 0) is 9.84 Å². The van der Waals surface area contributed by atoms with Gasteiger partial charge in [-0.25, -0.2) is 8.42 Å². The van der Waals surface area contributed by atoms with Crippen molar-refractivity contribution in [1.82, 2.24) is 0 Å². The van der Waals surface area contributed by atoms with Crippen LogP contribution in [-0.4, -0.2) is 25.7 Å². The number of Topliss-reactive ketones (excluding diaryl/α,β-unsaturated/α-hetero) is 1. The molecule has 0 fully saturated rings. The van der Waals surface area contributed by atoms with Gasteiger partial charge in [-0.15, -0.1) is 23.1 Å². The van der Waals surface area contributed by atoms with Gasteiger partial charge in [-0.05, 0) is 5.75 Å². The molecule has 0 aliphatic heterocycles. The van der Waals surface area contributed by atoms with Crippen LogP contribution < -0.4 is 5.73 Å². The lowest BCUT2D eigenvalue weighted by molar-refractivity contribution is 0.0944. The van der Waals surface area contributed by atoms with E-state index in [0.717, 1.165) is 5.75 Å². The molecule has 0 saturated heterocycles. The van der Waals surface area contributed by atoms with Crippen LogP contribution in [0.25, 0.3) is 0 Å². The van der Waals surface area contributed by atoms with E-state index in [4.69, 9.17) is 5.73 Å². The van der Waals surface area contributed by atoms with Crippen molar-refractivity contribution in [2.24, 2.45) is 5.92 Å². The molecular formula is C12H19NO3S3. The van der Waals surface area contributed by atoms with E-state index in [0.29, 0.717) is 9.09 Å². The number of hydrogen-bond donors (Lipinski definition) is 1. The van der Waals surface area contributed by atoms with Crippen LogP contribution in [0.5, 0.6) is 0 Å². The molecule has 1 aromatic rings. The van der Waals surface area contributed by atoms with Gasteiger partial charge in [-0.3, -0.25) is 4.79 Å². The molecule has 0 radical (unpaired) electrons. The topological polar surface area (TPSA) is 77.2 Å². The second-order valence-electron chi connectivity index (χ2n) is 4.32. The lowest BCUT2D eigenvalue weighted by Gasteiger charge is -2.05. The largest absolute Gasteiger partial charge is 0.396 e. The number of hydrogen-bond acceptors (Lipinski definition) is 6. The van der Waals surface area contributed by atoms with Crippen LogP contribution in [0.4, 0.5) is 5.69 Å². The Balaban J connectivity index is 3.50. The Morgan fingerprint density at radius 1 is 1.37 bits per heavy atom. The van der Waals surface area contributed by atoms with Crippen LogP contribution in [0.15, 0.2) is 9.10 Å². The third kappa shape index (κ3) is 3.32. The summed E-state index contributed by atoms with van der Waals surface area (Å²) in [7, 11) is -3.41. The van der Waals surface area contributed by atoms with Gasteiger partial charge in [0.1, 0.15) is 4.90 Å². The standard InChI is InChI=1S/C12H19NO3S3/c1-5-17-12-11(19(15,16)6-2)8(13)10(18-12)9(14)7(3)4/h7H,5-6,13H2,1-4H3. The Kier molecular flexibility index (Phi) is 5.46. The van der Waals surface area contributed by atoms with E-state index in [1.54, 1.807) is 20.8 Å². The first-order chi connectivity index (χ1) is 8.76. The maximum absolute atomic E-state index is 12.1. The van der Waals surface area contributed by atoms with Gasteiger partial charge >= 0.3 is 0 Å². The highest BCUT2D eigenvalue weighted by Gasteiger charge is 2.29. The van der Waals surface area contributed by atoms with E-state index in [1.165, 1.54) is 23.1 Å². The molecule has 0 saturated carbocycles. The van der Waals surface area contributed by atoms with Crippen molar-refractivity contribution >= 4 is 44.4 Å². The Bertz CT molecular complexity index is 573. The van der Waals surface area contributed by atoms with Crippen molar-refractivity contribution in [2.75, 3.05) is 17.2 Å². The molecular weight excluding hydrogens is 302 g/mol. The fourth-order valence-electron chi connectivity index (χ4n) is 1.52. The average Bonchev–Trinajstić information content (AvgIpc) is 2.66. The van der Waals surface area contributed by atoms with Crippen LogP contribution in [0.3, 0.4) is 0 Å². The summed E-state index contributed by atoms with van der Waals surface area (Å²) in [5, 5.41) is 0. The summed E-state index contributed by atoms with van der Waals surface area (Å²) in [5.74, 6) is 0.428. The number of carbonyl (C=O) groups is 1. The summed E-state index contributed by atoms with van der Waals surface area (Å²) in [6.45, 7) is 7.08. The van der Waals surface area contributed by atoms with Crippen molar-refractivity contribution in [3.63, 3.8) is 0 Å². The van der Waals surface area contributed by atoms with E-state index in [1.807, 2.05) is 6.92 Å². The maximum Gasteiger partial charge on any atom is 0.182 e. The predicted molar refractivity (Wildman–Crippen MR) is 82.0 cm³/mol. The summed E-state index contributed by atoms with van der Waals surface area (Å²) in [5.41, 5.74) is 6.06. The van der Waals surface area contributed by atoms with Crippen LogP contribution in [0.1, 0.15) is 37.4 Å². The third-order valence-corrected chi connectivity index (χ3v) is 7.02. The van der Waals surface area contributed by atoms with Crippen molar-refractivity contribution in [2.45, 2.75) is 36.8 Å². The summed E-state index contributed by atoms with van der Waals surface area (Å²) in [6, 6.07) is 0. The minimum atomic E-state index is -3.41. The third-order valence-electron chi connectivity index (χ3n) is 2.58. The first kappa shape index (κ1) is 16.5. The number of sulfone groups is 1. The van der Waals surface area contributed by atoms with E-state index >= 15 is 0 Å². The van der Waals surface area contributed by atoms with Gasteiger partial charge < -0.3 is 5.73 Å². The molecule has 0 bridgehead atoms. The number of nitrogens with two attached hydrogens (primary N) is 1. The molecule has 0 unspecified atom stereocenters. The van der Waals surface area contributed by atoms with Crippen molar-refractivity contribution in [3.8, 4) is 0 Å². The van der Waals surface area contributed by atoms with Gasteiger partial charge in [-0.2, -0.15) is 0 Å². The molecule has 0 aromatic carbocycles. The van der Waals surface area contributed by atoms with Crippen LogP contribution in [0.2, 0.25) is 0 Å². The number of nitrogen functional groups attached to an aromatic ring is 1. The highest BCUT2D eigenvalue weighted by Crippen LogP contribution is 2.42. The number of rotatable bonds is 6. The van der Waals surface area contributed by atoms with Crippen molar-refractivity contribution < 1.29 is 13.2 Å². The number of ketones is 1. The van der Waals surface area contributed by atoms with Gasteiger partial charge in [0.2, 0.25) is 0 Å². The van der Waals surface area contributed by atoms with E-state index in [9.17, 15) is 13.2 Å². The molecule has 4 nitrogen and oxygen atoms in total. The average molecular weight is 321 g/mol. The Morgan fingerprint density at radius 2 is 1.95 bits per heavy atom. The Morgan fingerprint density at radius 3 is 2.37 bits per heavy atom. The smallest absolute Gasteiger partial charge is 0.182 e. The highest BCUT2D eigenvalue weighted by molar-refractivity contribution is 8.02. The first-order valence-corrected chi connectivity index (χ1v) is 9.53. The van der Waals surface area contributed by atoms with E-state index in [2.05, 4.69) is 0 Å². The van der Waals surface area contributed by atoms with Crippen molar-refractivity contribution in [1.29, 1.82) is 0 Å². The zero-order valence-corrected chi connectivity index (χ0v) is 14.0. The molecule has 7 heteroatoms. The highest BCUT2D eigenvalue weighted by atomic mass is 32.2. The van der Waals surface area contributed by atoms with Crippen LogP contribution in [0, 0.1) is 5.92 Å². The minimum absolute atomic E-state index is 0.0134. The SMILES string of the molecule is CCSc1sc(C(=O)C(C)C)c(N)c1S(=O)(=O)CC. The van der Waals surface area contributed by atoms with Crippen LogP contribution >= 0.6 is 23.1 Å². The molecule has 19 heavy (non-hydrogen) atoms. The normalized spacial score (nSPS) is 12.1. The second-order valence-corrected chi connectivity index (χ2v) is 9.09. The van der Waals surface area contributed by atoms with Gasteiger partial charge in [0, 0.05) is 5.92 Å². The number of carbonyl (C=O) groups excluding carboxylic acids is 1. The summed E-state index contributed by atoms with van der Waals surface area (Å²) in [4.78, 5) is 12.6. The number of thioether (sulfide) groups is 1. The summed E-state index contributed by atoms with van der Waals surface area (Å²) >= 11 is 2.61. The molecule has 0 aliphatic carbocycles. The molecule has 2 N–H and O–H groups in total. The van der Waals surface area contributed by atoms with Gasteiger partial charge in [-0.1, -0.05) is 27.7 Å². The summed E-state index contributed by atoms with van der Waals surface area (Å²) < 4.78 is 24.9. The Labute approximate surface area is 122 Å². The summed E-state index contributed by atoms with van der Waals surface area (Å²) in [6.07, 6.45) is 0. The number of anilines is 1. The molecule has 1 rings (SSSR count). The van der Waals surface area contributed by atoms with Crippen molar-refractivity contribution in [3.05, 3.63) is 4.88 Å². The van der Waals surface area contributed by atoms with Gasteiger partial charge in [0.15, 0.2) is 15.6 Å². The molecule has 1 aromatic heterocycles. The van der Waals surface area contributed by atoms with E-state index in [-0.39, 0.29) is 28.0 Å². The van der Waals surface area contributed by atoms with Gasteiger partial charge in [0.05, 0.1) is 20.5 Å². The molecule has 108 valence electrons. The zero-order chi connectivity index (χ0) is 14.8. The lowest BCUT2D eigenvalue weighted by atomic mass is 10.1. The maximum atomic E-state index is 12.1. The second kappa shape index (κ2) is 6.28. The first-order valence-electron chi connectivity index (χ1n) is 6.08. The van der Waals surface area contributed by atoms with Gasteiger partial charge in [0.25, 0.3) is 0 Å². The molecule has 0 spiro atoms. The minimum Gasteiger partial charge on any atom is -0.396 e. The molecule has 1 heterocycles. The fourth-order valence-corrected chi connectivity index (χ4v) is 5.90. The predicted octanol–water partition coefficient (Wildman–Crippen LogP) is 3.07. The van der Waals surface area contributed by atoms with E-state index < -0.39 is 9.84 Å². The molecule has 0 atom stereocenters. The lowest BCUT2D eigenvalue weighted by Crippen LogP contribution is -2.10. The molecule has 0 aliphatic rings. The quantitative estimate of drug-likeness (QED) is 0.643. The fraction of sp³-hybridized carbons (Fsp3) is 0.583. The Hall–Kier alpha value is -0.530. The monoisotopic (exact) mass is 321 g/mol. The molecule has 0 amide bonds. The zero-order valence-electron chi connectivity index (χ0n) is 11.5.